The summed E-state index contributed by atoms with van der Waals surface area (Å²) in [6, 6.07) is 6.89. The molecule has 7 heteroatoms. The number of thiophene rings is 1. The zero-order chi connectivity index (χ0) is 17.8. The maximum Gasteiger partial charge on any atom is 0.299 e. The highest BCUT2D eigenvalue weighted by Crippen LogP contribution is 2.34. The highest BCUT2D eigenvalue weighted by molar-refractivity contribution is 7.18. The van der Waals surface area contributed by atoms with Gasteiger partial charge in [0.25, 0.3) is 17.2 Å². The van der Waals surface area contributed by atoms with Crippen LogP contribution in [0.15, 0.2) is 29.1 Å². The number of anilines is 1. The molecule has 1 aliphatic carbocycles. The summed E-state index contributed by atoms with van der Waals surface area (Å²) in [6.07, 6.45) is 4.16. The molecule has 0 bridgehead atoms. The lowest BCUT2D eigenvalue weighted by Crippen LogP contribution is -2.30. The molecule has 0 atom stereocenters. The van der Waals surface area contributed by atoms with E-state index in [4.69, 9.17) is 0 Å². The third-order valence-electron chi connectivity index (χ3n) is 5.06. The van der Waals surface area contributed by atoms with Crippen molar-refractivity contribution in [3.05, 3.63) is 56.4 Å². The van der Waals surface area contributed by atoms with Crippen LogP contribution in [0.25, 0.3) is 10.2 Å². The zero-order valence-electron chi connectivity index (χ0n) is 13.9. The number of hydrogen-bond donors (Lipinski definition) is 1. The van der Waals surface area contributed by atoms with Crippen molar-refractivity contribution < 1.29 is 9.59 Å². The number of carbonyl (C=O) groups excluding carboxylic acids is 2. The van der Waals surface area contributed by atoms with Crippen LogP contribution in [0.4, 0.5) is 5.69 Å². The van der Waals surface area contributed by atoms with E-state index in [2.05, 4.69) is 9.97 Å². The highest BCUT2D eigenvalue weighted by atomic mass is 32.1. The second kappa shape index (κ2) is 5.60. The summed E-state index contributed by atoms with van der Waals surface area (Å²) in [7, 11) is 0. The topological polar surface area (TPSA) is 83.1 Å². The summed E-state index contributed by atoms with van der Waals surface area (Å²) in [5.74, 6) is -0.700. The van der Waals surface area contributed by atoms with Crippen molar-refractivity contribution in [2.45, 2.75) is 32.2 Å². The minimum atomic E-state index is -0.584. The Morgan fingerprint density at radius 1 is 1.12 bits per heavy atom. The first-order valence-electron chi connectivity index (χ1n) is 8.62. The third kappa shape index (κ3) is 2.17. The van der Waals surface area contributed by atoms with Crippen molar-refractivity contribution in [2.75, 3.05) is 4.90 Å². The number of amides is 1. The fourth-order valence-electron chi connectivity index (χ4n) is 3.84. The molecular weight excluding hydrogens is 350 g/mol. The van der Waals surface area contributed by atoms with E-state index in [1.807, 2.05) is 0 Å². The Morgan fingerprint density at radius 3 is 2.81 bits per heavy atom. The maximum absolute atomic E-state index is 12.6. The molecule has 130 valence electrons. The first kappa shape index (κ1) is 15.5. The quantitative estimate of drug-likeness (QED) is 0.708. The molecule has 0 radical (unpaired) electrons. The normalized spacial score (nSPS) is 16.2. The van der Waals surface area contributed by atoms with Gasteiger partial charge in [-0.3, -0.25) is 19.3 Å². The second-order valence-electron chi connectivity index (χ2n) is 6.64. The van der Waals surface area contributed by atoms with Crippen LogP contribution in [0.1, 0.15) is 39.5 Å². The van der Waals surface area contributed by atoms with E-state index in [9.17, 15) is 14.4 Å². The highest BCUT2D eigenvalue weighted by Gasteiger charge is 2.35. The van der Waals surface area contributed by atoms with Gasteiger partial charge in [-0.1, -0.05) is 12.1 Å². The molecule has 2 aromatic heterocycles. The van der Waals surface area contributed by atoms with E-state index in [0.717, 1.165) is 36.1 Å². The van der Waals surface area contributed by atoms with Crippen molar-refractivity contribution in [1.29, 1.82) is 0 Å². The Balaban J connectivity index is 1.58. The van der Waals surface area contributed by atoms with Gasteiger partial charge in [-0.25, -0.2) is 4.98 Å². The Kier molecular flexibility index (Phi) is 3.33. The zero-order valence-corrected chi connectivity index (χ0v) is 14.7. The van der Waals surface area contributed by atoms with Gasteiger partial charge in [0.1, 0.15) is 10.7 Å². The monoisotopic (exact) mass is 365 g/mol. The molecule has 6 nitrogen and oxygen atoms in total. The number of benzene rings is 1. The number of aryl methyl sites for hydroxylation is 2. The summed E-state index contributed by atoms with van der Waals surface area (Å²) in [6.45, 7) is 0.0787. The predicted octanol–water partition coefficient (Wildman–Crippen LogP) is 2.59. The Morgan fingerprint density at radius 2 is 1.92 bits per heavy atom. The molecule has 2 aliphatic rings. The molecule has 1 N–H and O–H groups in total. The molecular formula is C19H15N3O3S. The molecule has 0 saturated carbocycles. The van der Waals surface area contributed by atoms with Gasteiger partial charge in [0.05, 0.1) is 23.2 Å². The molecule has 0 unspecified atom stereocenters. The van der Waals surface area contributed by atoms with Crippen LogP contribution >= 0.6 is 11.3 Å². The van der Waals surface area contributed by atoms with Crippen molar-refractivity contribution >= 4 is 38.9 Å². The predicted molar refractivity (Wildman–Crippen MR) is 98.8 cm³/mol. The fourth-order valence-corrected chi connectivity index (χ4v) is 5.12. The molecule has 1 aromatic carbocycles. The van der Waals surface area contributed by atoms with Crippen molar-refractivity contribution in [1.82, 2.24) is 9.97 Å². The first-order valence-corrected chi connectivity index (χ1v) is 9.44. The maximum atomic E-state index is 12.6. The molecule has 1 aliphatic heterocycles. The number of aromatic amines is 1. The Bertz CT molecular complexity index is 1140. The fraction of sp³-hybridized carbons (Fsp3) is 0.263. The first-order chi connectivity index (χ1) is 12.6. The SMILES string of the molecule is O=C1C(=O)N(Cc2nc3sc4c(c3c(=O)[nH]2)CCCC4)c2ccccc21. The number of hydrogen-bond acceptors (Lipinski definition) is 5. The van der Waals surface area contributed by atoms with Gasteiger partial charge in [0.15, 0.2) is 0 Å². The van der Waals surface area contributed by atoms with Crippen LogP contribution in [-0.2, 0) is 24.2 Å². The van der Waals surface area contributed by atoms with Gasteiger partial charge in [-0.05, 0) is 43.4 Å². The third-order valence-corrected chi connectivity index (χ3v) is 6.25. The molecule has 0 saturated heterocycles. The molecule has 1 amide bonds. The number of Topliss-reactive ketones (excluding diaryl/α,β-unsaturated/α-hetero) is 1. The Labute approximate surface area is 152 Å². The number of fused-ring (bicyclic) bond motifs is 4. The van der Waals surface area contributed by atoms with Crippen molar-refractivity contribution in [3.8, 4) is 0 Å². The van der Waals surface area contributed by atoms with Gasteiger partial charge in [-0.15, -0.1) is 11.3 Å². The van der Waals surface area contributed by atoms with Crippen LogP contribution < -0.4 is 10.5 Å². The lowest BCUT2D eigenvalue weighted by atomic mass is 9.97. The lowest BCUT2D eigenvalue weighted by molar-refractivity contribution is -0.114. The standard InChI is InChI=1S/C19H15N3O3S/c23-16-10-5-1-3-7-12(10)22(19(16)25)9-14-20-17(24)15-11-6-2-4-8-13(11)26-18(15)21-14/h1,3,5,7H,2,4,6,8-9H2,(H,20,21,24). The van der Waals surface area contributed by atoms with Crippen LogP contribution in [0.2, 0.25) is 0 Å². The number of ketones is 1. The van der Waals surface area contributed by atoms with Gasteiger partial charge in [0, 0.05) is 4.88 Å². The van der Waals surface area contributed by atoms with E-state index >= 15 is 0 Å². The number of para-hydroxylation sites is 1. The summed E-state index contributed by atoms with van der Waals surface area (Å²) in [5.41, 5.74) is 1.94. The molecule has 0 spiro atoms. The second-order valence-corrected chi connectivity index (χ2v) is 7.72. The summed E-state index contributed by atoms with van der Waals surface area (Å²) in [5, 5.41) is 0.692. The van der Waals surface area contributed by atoms with E-state index in [-0.39, 0.29) is 12.1 Å². The van der Waals surface area contributed by atoms with Gasteiger partial charge >= 0.3 is 0 Å². The van der Waals surface area contributed by atoms with Crippen LogP contribution in [0, 0.1) is 0 Å². The summed E-state index contributed by atoms with van der Waals surface area (Å²) < 4.78 is 0. The molecule has 0 fully saturated rings. The smallest absolute Gasteiger partial charge is 0.299 e. The number of aromatic nitrogens is 2. The number of carbonyl (C=O) groups is 2. The van der Waals surface area contributed by atoms with E-state index < -0.39 is 11.7 Å². The number of rotatable bonds is 2. The molecule has 26 heavy (non-hydrogen) atoms. The average molecular weight is 365 g/mol. The minimum absolute atomic E-state index is 0.0787. The number of nitrogens with zero attached hydrogens (tertiary/aromatic N) is 2. The van der Waals surface area contributed by atoms with E-state index in [1.54, 1.807) is 35.6 Å². The minimum Gasteiger partial charge on any atom is -0.308 e. The molecule has 3 aromatic rings. The van der Waals surface area contributed by atoms with Crippen molar-refractivity contribution in [2.24, 2.45) is 0 Å². The molecule has 5 rings (SSSR count). The van der Waals surface area contributed by atoms with Crippen molar-refractivity contribution in [3.63, 3.8) is 0 Å². The van der Waals surface area contributed by atoms with E-state index in [0.29, 0.717) is 22.5 Å². The van der Waals surface area contributed by atoms with Gasteiger partial charge in [0.2, 0.25) is 0 Å². The summed E-state index contributed by atoms with van der Waals surface area (Å²) >= 11 is 1.57. The van der Waals surface area contributed by atoms with Gasteiger partial charge < -0.3 is 4.98 Å². The number of nitrogens with one attached hydrogen (secondary N) is 1. The average Bonchev–Trinajstić information content (AvgIpc) is 3.13. The number of H-pyrrole nitrogens is 1. The van der Waals surface area contributed by atoms with Crippen LogP contribution in [-0.4, -0.2) is 21.7 Å². The Hall–Kier alpha value is -2.80. The largest absolute Gasteiger partial charge is 0.308 e. The van der Waals surface area contributed by atoms with Crippen LogP contribution in [0.5, 0.6) is 0 Å². The van der Waals surface area contributed by atoms with Crippen LogP contribution in [0.3, 0.4) is 0 Å². The van der Waals surface area contributed by atoms with Gasteiger partial charge in [-0.2, -0.15) is 0 Å². The molecule has 3 heterocycles. The summed E-state index contributed by atoms with van der Waals surface area (Å²) in [4.78, 5) is 47.9. The lowest BCUT2D eigenvalue weighted by Gasteiger charge is -2.15. The van der Waals surface area contributed by atoms with E-state index in [1.165, 1.54) is 9.78 Å².